The Morgan fingerprint density at radius 2 is 1.97 bits per heavy atom. The summed E-state index contributed by atoms with van der Waals surface area (Å²) in [7, 11) is 3.37. The molecule has 0 saturated carbocycles. The van der Waals surface area contributed by atoms with E-state index >= 15 is 0 Å². The van der Waals surface area contributed by atoms with Crippen LogP contribution in [-0.2, 0) is 19.8 Å². The number of imidazole rings is 1. The molecule has 0 N–H and O–H groups in total. The fraction of sp³-hybridized carbons (Fsp3) is 0.450. The highest BCUT2D eigenvalue weighted by Gasteiger charge is 2.33. The molecule has 0 radical (unpaired) electrons. The Hall–Kier alpha value is -2.68. The van der Waals surface area contributed by atoms with Crippen molar-refractivity contribution in [2.45, 2.75) is 31.5 Å². The van der Waals surface area contributed by atoms with Gasteiger partial charge in [-0.2, -0.15) is 13.2 Å². The van der Waals surface area contributed by atoms with Crippen molar-refractivity contribution >= 4 is 11.2 Å². The van der Waals surface area contributed by atoms with Gasteiger partial charge in [0.2, 0.25) is 0 Å². The van der Waals surface area contributed by atoms with Gasteiger partial charge in [0, 0.05) is 25.4 Å². The number of hydrogen-bond donors (Lipinski definition) is 0. The highest BCUT2D eigenvalue weighted by molar-refractivity contribution is 5.71. The minimum atomic E-state index is -4.43. The number of pyridine rings is 2. The van der Waals surface area contributed by atoms with E-state index in [0.717, 1.165) is 55.2 Å². The molecule has 3 aromatic rings. The Morgan fingerprint density at radius 1 is 1.21 bits per heavy atom. The van der Waals surface area contributed by atoms with E-state index in [1.165, 1.54) is 7.11 Å². The molecule has 0 amide bonds. The zero-order valence-corrected chi connectivity index (χ0v) is 16.3. The van der Waals surface area contributed by atoms with Crippen LogP contribution in [0.2, 0.25) is 0 Å². The van der Waals surface area contributed by atoms with E-state index in [2.05, 4.69) is 24.4 Å². The molecule has 0 bridgehead atoms. The van der Waals surface area contributed by atoms with Crippen LogP contribution in [0.25, 0.3) is 11.2 Å². The third-order valence-electron chi connectivity index (χ3n) is 5.52. The molecule has 0 spiro atoms. The lowest BCUT2D eigenvalue weighted by Gasteiger charge is -2.32. The predicted molar refractivity (Wildman–Crippen MR) is 102 cm³/mol. The summed E-state index contributed by atoms with van der Waals surface area (Å²) in [6, 6.07) is 4.93. The number of aryl methyl sites for hydroxylation is 1. The van der Waals surface area contributed by atoms with E-state index in [4.69, 9.17) is 4.74 Å². The normalized spacial score (nSPS) is 16.4. The smallest absolute Gasteiger partial charge is 0.418 e. The van der Waals surface area contributed by atoms with Crippen LogP contribution in [0.1, 0.15) is 35.8 Å². The van der Waals surface area contributed by atoms with Gasteiger partial charge < -0.3 is 9.30 Å². The van der Waals surface area contributed by atoms with Crippen molar-refractivity contribution in [3.8, 4) is 5.75 Å². The summed E-state index contributed by atoms with van der Waals surface area (Å²) in [5.41, 5.74) is 1.55. The summed E-state index contributed by atoms with van der Waals surface area (Å²) in [5, 5.41) is 0. The number of piperidine rings is 1. The van der Waals surface area contributed by atoms with Crippen molar-refractivity contribution in [1.29, 1.82) is 0 Å². The van der Waals surface area contributed by atoms with Crippen molar-refractivity contribution in [2.24, 2.45) is 7.05 Å². The Labute approximate surface area is 166 Å². The van der Waals surface area contributed by atoms with Crippen molar-refractivity contribution in [3.05, 3.63) is 47.7 Å². The van der Waals surface area contributed by atoms with Crippen LogP contribution in [0.4, 0.5) is 13.2 Å². The van der Waals surface area contributed by atoms with Crippen molar-refractivity contribution < 1.29 is 17.9 Å². The lowest BCUT2D eigenvalue weighted by Crippen LogP contribution is -2.33. The standard InChI is InChI=1S/C20H22F3N5O/c1-27-15-4-3-7-24-19(15)26-17(27)12-28-8-5-13(6-9-28)18-16(29-2)10-14(11-25-18)20(21,22)23/h3-4,7,10-11,13H,5-6,8-9,12H2,1-2H3. The number of fused-ring (bicyclic) bond motifs is 1. The average Bonchev–Trinajstić information content (AvgIpc) is 3.03. The number of halogens is 3. The third-order valence-corrected chi connectivity index (χ3v) is 5.52. The van der Waals surface area contributed by atoms with Gasteiger partial charge in [0.15, 0.2) is 5.65 Å². The number of ether oxygens (including phenoxy) is 1. The molecule has 9 heteroatoms. The quantitative estimate of drug-likeness (QED) is 0.661. The Bertz CT molecular complexity index is 1010. The topological polar surface area (TPSA) is 56.1 Å². The van der Waals surface area contributed by atoms with Crippen LogP contribution < -0.4 is 4.74 Å². The predicted octanol–water partition coefficient (Wildman–Crippen LogP) is 3.77. The maximum atomic E-state index is 12.9. The zero-order chi connectivity index (χ0) is 20.6. The van der Waals surface area contributed by atoms with Crippen LogP contribution in [0.5, 0.6) is 5.75 Å². The van der Waals surface area contributed by atoms with Crippen LogP contribution in [0.3, 0.4) is 0 Å². The van der Waals surface area contributed by atoms with E-state index in [-0.39, 0.29) is 11.7 Å². The van der Waals surface area contributed by atoms with Gasteiger partial charge in [0.1, 0.15) is 11.6 Å². The summed E-state index contributed by atoms with van der Waals surface area (Å²) in [4.78, 5) is 15.3. The molecule has 1 aliphatic heterocycles. The minimum Gasteiger partial charge on any atom is -0.495 e. The summed E-state index contributed by atoms with van der Waals surface area (Å²) in [6.45, 7) is 2.33. The molecule has 1 saturated heterocycles. The first-order chi connectivity index (χ1) is 13.9. The summed E-state index contributed by atoms with van der Waals surface area (Å²) in [6.07, 6.45) is -0.192. The fourth-order valence-electron chi connectivity index (χ4n) is 3.86. The number of alkyl halides is 3. The van der Waals surface area contributed by atoms with Gasteiger partial charge in [-0.25, -0.2) is 9.97 Å². The van der Waals surface area contributed by atoms with Gasteiger partial charge in [-0.05, 0) is 44.1 Å². The number of methoxy groups -OCH3 is 1. The van der Waals surface area contributed by atoms with Crippen molar-refractivity contribution in [2.75, 3.05) is 20.2 Å². The van der Waals surface area contributed by atoms with Crippen LogP contribution in [0, 0.1) is 0 Å². The van der Waals surface area contributed by atoms with Gasteiger partial charge in [-0.3, -0.25) is 9.88 Å². The molecule has 6 nitrogen and oxygen atoms in total. The van der Waals surface area contributed by atoms with Gasteiger partial charge in [-0.1, -0.05) is 0 Å². The van der Waals surface area contributed by atoms with Crippen LogP contribution >= 0.6 is 0 Å². The first kappa shape index (κ1) is 19.6. The largest absolute Gasteiger partial charge is 0.495 e. The van der Waals surface area contributed by atoms with Crippen LogP contribution in [0.15, 0.2) is 30.6 Å². The summed E-state index contributed by atoms with van der Waals surface area (Å²) >= 11 is 0. The first-order valence-electron chi connectivity index (χ1n) is 9.46. The molecule has 0 atom stereocenters. The highest BCUT2D eigenvalue weighted by Crippen LogP contribution is 2.37. The summed E-state index contributed by atoms with van der Waals surface area (Å²) < 4.78 is 46.1. The zero-order valence-electron chi connectivity index (χ0n) is 16.3. The van der Waals surface area contributed by atoms with E-state index in [1.54, 1.807) is 6.20 Å². The second-order valence-electron chi connectivity index (χ2n) is 7.29. The molecule has 1 aliphatic rings. The van der Waals surface area contributed by atoms with Gasteiger partial charge in [0.25, 0.3) is 0 Å². The van der Waals surface area contributed by atoms with Crippen LogP contribution in [-0.4, -0.2) is 44.6 Å². The first-order valence-corrected chi connectivity index (χ1v) is 9.46. The van der Waals surface area contributed by atoms with Gasteiger partial charge >= 0.3 is 6.18 Å². The Balaban J connectivity index is 1.45. The molecule has 29 heavy (non-hydrogen) atoms. The molecular formula is C20H22F3N5O. The fourth-order valence-corrected chi connectivity index (χ4v) is 3.86. The third kappa shape index (κ3) is 3.91. The number of aromatic nitrogens is 4. The number of nitrogens with zero attached hydrogens (tertiary/aromatic N) is 5. The van der Waals surface area contributed by atoms with Crippen molar-refractivity contribution in [1.82, 2.24) is 24.4 Å². The van der Waals surface area contributed by atoms with E-state index in [1.807, 2.05) is 19.2 Å². The molecule has 0 unspecified atom stereocenters. The molecule has 0 aliphatic carbocycles. The van der Waals surface area contributed by atoms with Gasteiger partial charge in [0.05, 0.1) is 30.4 Å². The second kappa shape index (κ2) is 7.62. The monoisotopic (exact) mass is 405 g/mol. The molecule has 3 aromatic heterocycles. The number of likely N-dealkylation sites (tertiary alicyclic amines) is 1. The lowest BCUT2D eigenvalue weighted by molar-refractivity contribution is -0.138. The SMILES string of the molecule is COc1cc(C(F)(F)F)cnc1C1CCN(Cc2nc3ncccc3n2C)CC1. The number of hydrogen-bond acceptors (Lipinski definition) is 5. The molecule has 4 rings (SSSR count). The van der Waals surface area contributed by atoms with E-state index in [9.17, 15) is 13.2 Å². The number of rotatable bonds is 4. The Morgan fingerprint density at radius 3 is 2.62 bits per heavy atom. The minimum absolute atomic E-state index is 0.0746. The Kier molecular flexibility index (Phi) is 5.16. The summed E-state index contributed by atoms with van der Waals surface area (Å²) in [5.74, 6) is 1.23. The van der Waals surface area contributed by atoms with E-state index in [0.29, 0.717) is 12.2 Å². The second-order valence-corrected chi connectivity index (χ2v) is 7.29. The lowest BCUT2D eigenvalue weighted by atomic mass is 9.92. The molecule has 0 aromatic carbocycles. The molecular weight excluding hydrogens is 383 g/mol. The average molecular weight is 405 g/mol. The van der Waals surface area contributed by atoms with Crippen molar-refractivity contribution in [3.63, 3.8) is 0 Å². The maximum Gasteiger partial charge on any atom is 0.418 e. The maximum absolute atomic E-state index is 12.9. The molecule has 4 heterocycles. The molecule has 1 fully saturated rings. The highest BCUT2D eigenvalue weighted by atomic mass is 19.4. The van der Waals surface area contributed by atoms with E-state index < -0.39 is 11.7 Å². The molecule has 154 valence electrons. The van der Waals surface area contributed by atoms with Gasteiger partial charge in [-0.15, -0.1) is 0 Å².